The van der Waals surface area contributed by atoms with E-state index in [0.717, 1.165) is 23.3 Å². The molecule has 0 unspecified atom stereocenters. The number of nitrogens with one attached hydrogen (secondary N) is 1. The van der Waals surface area contributed by atoms with Gasteiger partial charge in [0.1, 0.15) is 0 Å². The SMILES string of the molecule is CCC[N+](C)(C)c1csc(=O)[nH]1. The van der Waals surface area contributed by atoms with Crippen molar-refractivity contribution in [2.24, 2.45) is 0 Å². The molecule has 3 nitrogen and oxygen atoms in total. The minimum Gasteiger partial charge on any atom is -0.280 e. The molecule has 0 fully saturated rings. The minimum atomic E-state index is 0.0345. The van der Waals surface area contributed by atoms with Gasteiger partial charge in [-0.1, -0.05) is 18.3 Å². The highest BCUT2D eigenvalue weighted by molar-refractivity contribution is 7.07. The number of rotatable bonds is 3. The number of quaternary nitrogens is 1. The molecule has 68 valence electrons. The van der Waals surface area contributed by atoms with E-state index >= 15 is 0 Å². The highest BCUT2D eigenvalue weighted by Crippen LogP contribution is 2.15. The summed E-state index contributed by atoms with van der Waals surface area (Å²) in [5, 5.41) is 1.90. The number of thiazole rings is 1. The summed E-state index contributed by atoms with van der Waals surface area (Å²) in [6.07, 6.45) is 1.12. The van der Waals surface area contributed by atoms with Gasteiger partial charge in [-0.15, -0.1) is 0 Å². The Morgan fingerprint density at radius 3 is 2.67 bits per heavy atom. The molecule has 1 N–H and O–H groups in total. The molecule has 1 heterocycles. The Kier molecular flexibility index (Phi) is 2.69. The standard InChI is InChI=1S/C8H14N2OS/c1-4-5-10(2,3)7-6-12-8(11)9-7/h6H,4-5H2,1-3H3/p+1. The van der Waals surface area contributed by atoms with Crippen molar-refractivity contribution >= 4 is 17.2 Å². The molecule has 0 spiro atoms. The summed E-state index contributed by atoms with van der Waals surface area (Å²) < 4.78 is 0.759. The smallest absolute Gasteiger partial charge is 0.280 e. The van der Waals surface area contributed by atoms with Gasteiger partial charge < -0.3 is 0 Å². The van der Waals surface area contributed by atoms with Gasteiger partial charge in [-0.2, -0.15) is 0 Å². The molecule has 1 rings (SSSR count). The van der Waals surface area contributed by atoms with Crippen molar-refractivity contribution in [3.05, 3.63) is 15.0 Å². The molecular weight excluding hydrogens is 172 g/mol. The molecule has 0 saturated heterocycles. The lowest BCUT2D eigenvalue weighted by atomic mass is 10.4. The van der Waals surface area contributed by atoms with Crippen molar-refractivity contribution in [3.8, 4) is 0 Å². The van der Waals surface area contributed by atoms with Crippen LogP contribution >= 0.6 is 11.3 Å². The monoisotopic (exact) mass is 187 g/mol. The molecule has 0 radical (unpaired) electrons. The second-order valence-corrected chi connectivity index (χ2v) is 4.28. The second-order valence-electron chi connectivity index (χ2n) is 3.44. The number of aromatic amines is 1. The quantitative estimate of drug-likeness (QED) is 0.713. The van der Waals surface area contributed by atoms with Crippen molar-refractivity contribution in [1.82, 2.24) is 9.47 Å². The van der Waals surface area contributed by atoms with E-state index < -0.39 is 0 Å². The lowest BCUT2D eigenvalue weighted by Gasteiger charge is -2.26. The first-order valence-corrected chi connectivity index (χ1v) is 4.95. The van der Waals surface area contributed by atoms with Gasteiger partial charge in [0.25, 0.3) is 0 Å². The van der Waals surface area contributed by atoms with Crippen LogP contribution in [0.15, 0.2) is 10.2 Å². The lowest BCUT2D eigenvalue weighted by Crippen LogP contribution is -2.41. The van der Waals surface area contributed by atoms with Crippen LogP contribution in [0.3, 0.4) is 0 Å². The van der Waals surface area contributed by atoms with Crippen LogP contribution in [0.25, 0.3) is 0 Å². The van der Waals surface area contributed by atoms with Gasteiger partial charge in [0, 0.05) is 0 Å². The fourth-order valence-corrected chi connectivity index (χ4v) is 1.97. The van der Waals surface area contributed by atoms with Gasteiger partial charge in [-0.3, -0.25) is 14.3 Å². The van der Waals surface area contributed by atoms with Crippen LogP contribution in [0.2, 0.25) is 0 Å². The molecule has 0 amide bonds. The summed E-state index contributed by atoms with van der Waals surface area (Å²) in [5.74, 6) is 1.01. The Morgan fingerprint density at radius 2 is 2.25 bits per heavy atom. The molecule has 1 aromatic heterocycles. The van der Waals surface area contributed by atoms with E-state index in [2.05, 4.69) is 26.0 Å². The van der Waals surface area contributed by atoms with E-state index in [0.29, 0.717) is 0 Å². The number of hydrogen-bond acceptors (Lipinski definition) is 2. The van der Waals surface area contributed by atoms with Crippen molar-refractivity contribution in [2.75, 3.05) is 20.6 Å². The Labute approximate surface area is 76.2 Å². The van der Waals surface area contributed by atoms with E-state index in [1.54, 1.807) is 0 Å². The Morgan fingerprint density at radius 1 is 1.58 bits per heavy atom. The maximum atomic E-state index is 10.9. The van der Waals surface area contributed by atoms with Gasteiger partial charge in [0.05, 0.1) is 26.0 Å². The average Bonchev–Trinajstić information content (AvgIpc) is 2.36. The van der Waals surface area contributed by atoms with Gasteiger partial charge in [0.2, 0.25) is 5.82 Å². The van der Waals surface area contributed by atoms with E-state index in [4.69, 9.17) is 0 Å². The molecule has 0 atom stereocenters. The maximum Gasteiger partial charge on any atom is 0.309 e. The summed E-state index contributed by atoms with van der Waals surface area (Å²) in [7, 11) is 4.20. The van der Waals surface area contributed by atoms with E-state index in [9.17, 15) is 4.79 Å². The third kappa shape index (κ3) is 1.95. The molecule has 0 aromatic carbocycles. The second kappa shape index (κ2) is 3.41. The van der Waals surface area contributed by atoms with Crippen molar-refractivity contribution in [2.45, 2.75) is 13.3 Å². The van der Waals surface area contributed by atoms with Gasteiger partial charge >= 0.3 is 4.87 Å². The van der Waals surface area contributed by atoms with Crippen molar-refractivity contribution in [3.63, 3.8) is 0 Å². The summed E-state index contributed by atoms with van der Waals surface area (Å²) in [6.45, 7) is 3.19. The highest BCUT2D eigenvalue weighted by Gasteiger charge is 2.19. The predicted octanol–water partition coefficient (Wildman–Crippen LogP) is 1.41. The molecule has 1 aromatic rings. The summed E-state index contributed by atoms with van der Waals surface area (Å²) in [4.78, 5) is 13.8. The van der Waals surface area contributed by atoms with Crippen LogP contribution < -0.4 is 9.36 Å². The number of aromatic nitrogens is 1. The largest absolute Gasteiger partial charge is 0.309 e. The number of hydrogen-bond donors (Lipinski definition) is 1. The average molecular weight is 187 g/mol. The van der Waals surface area contributed by atoms with Crippen LogP contribution in [-0.2, 0) is 0 Å². The topological polar surface area (TPSA) is 32.9 Å². The zero-order valence-electron chi connectivity index (χ0n) is 7.76. The van der Waals surface area contributed by atoms with Crippen LogP contribution in [-0.4, -0.2) is 25.6 Å². The first-order valence-electron chi connectivity index (χ1n) is 4.07. The third-order valence-corrected chi connectivity index (χ3v) is 2.60. The van der Waals surface area contributed by atoms with Crippen LogP contribution in [0.4, 0.5) is 5.82 Å². The molecule has 0 aliphatic rings. The third-order valence-electron chi connectivity index (χ3n) is 1.94. The van der Waals surface area contributed by atoms with E-state index in [1.807, 2.05) is 5.38 Å². The van der Waals surface area contributed by atoms with Crippen LogP contribution in [0.5, 0.6) is 0 Å². The Hall–Kier alpha value is -0.610. The summed E-state index contributed by atoms with van der Waals surface area (Å²) in [5.41, 5.74) is 0. The minimum absolute atomic E-state index is 0.0345. The summed E-state index contributed by atoms with van der Waals surface area (Å²) in [6, 6.07) is 0. The van der Waals surface area contributed by atoms with Crippen LogP contribution in [0.1, 0.15) is 13.3 Å². The van der Waals surface area contributed by atoms with E-state index in [-0.39, 0.29) is 4.87 Å². The molecule has 4 heteroatoms. The number of H-pyrrole nitrogens is 1. The molecular formula is C8H15N2OS+. The zero-order chi connectivity index (χ0) is 9.19. The molecule has 0 aliphatic heterocycles. The highest BCUT2D eigenvalue weighted by atomic mass is 32.1. The van der Waals surface area contributed by atoms with Crippen molar-refractivity contribution in [1.29, 1.82) is 0 Å². The van der Waals surface area contributed by atoms with Gasteiger partial charge in [0.15, 0.2) is 0 Å². The maximum absolute atomic E-state index is 10.9. The predicted molar refractivity (Wildman–Crippen MR) is 53.7 cm³/mol. The molecule has 0 bridgehead atoms. The molecule has 0 saturated carbocycles. The molecule has 0 aliphatic carbocycles. The summed E-state index contributed by atoms with van der Waals surface area (Å²) >= 11 is 1.23. The molecule has 12 heavy (non-hydrogen) atoms. The van der Waals surface area contributed by atoms with Crippen molar-refractivity contribution < 1.29 is 0 Å². The van der Waals surface area contributed by atoms with Gasteiger partial charge in [-0.05, 0) is 6.42 Å². The Bertz CT molecular complexity index is 300. The van der Waals surface area contributed by atoms with Gasteiger partial charge in [-0.25, -0.2) is 0 Å². The zero-order valence-corrected chi connectivity index (χ0v) is 8.57. The Balaban J connectivity index is 2.88. The fourth-order valence-electron chi connectivity index (χ4n) is 1.25. The van der Waals surface area contributed by atoms with Crippen LogP contribution in [0, 0.1) is 0 Å². The fraction of sp³-hybridized carbons (Fsp3) is 0.625. The van der Waals surface area contributed by atoms with E-state index in [1.165, 1.54) is 11.3 Å². The number of nitrogens with zero attached hydrogens (tertiary/aromatic N) is 1. The first-order chi connectivity index (χ1) is 5.56. The lowest BCUT2D eigenvalue weighted by molar-refractivity contribution is 0.389. The normalized spacial score (nSPS) is 11.9. The first kappa shape index (κ1) is 9.48.